The monoisotopic (exact) mass is 282 g/mol. The third kappa shape index (κ3) is 2.49. The standard InChI is InChI=1S/C14H22N2O2S/c1-10-7-8-13(15)12(3)14(10)19(17,18)16-9-5-4-6-11(16)2/h7-8,11H,4-6,9,15H2,1-3H3. The molecule has 5 heteroatoms. The Balaban J connectivity index is 2.53. The van der Waals surface area contributed by atoms with E-state index in [4.69, 9.17) is 5.73 Å². The maximum Gasteiger partial charge on any atom is 0.243 e. The van der Waals surface area contributed by atoms with Gasteiger partial charge in [-0.15, -0.1) is 0 Å². The molecule has 1 heterocycles. The van der Waals surface area contributed by atoms with Crippen LogP contribution in [0.25, 0.3) is 0 Å². The number of benzene rings is 1. The Hall–Kier alpha value is -1.07. The molecule has 0 aliphatic carbocycles. The average molecular weight is 282 g/mol. The number of anilines is 1. The number of nitrogens with two attached hydrogens (primary N) is 1. The van der Waals surface area contributed by atoms with Crippen molar-refractivity contribution in [2.24, 2.45) is 0 Å². The van der Waals surface area contributed by atoms with Crippen molar-refractivity contribution in [1.82, 2.24) is 4.31 Å². The van der Waals surface area contributed by atoms with Gasteiger partial charge >= 0.3 is 0 Å². The molecule has 0 spiro atoms. The van der Waals surface area contributed by atoms with Gasteiger partial charge in [0.25, 0.3) is 0 Å². The molecule has 2 N–H and O–H groups in total. The smallest absolute Gasteiger partial charge is 0.243 e. The Morgan fingerprint density at radius 1 is 1.26 bits per heavy atom. The van der Waals surface area contributed by atoms with E-state index in [9.17, 15) is 8.42 Å². The number of rotatable bonds is 2. The second kappa shape index (κ2) is 5.13. The summed E-state index contributed by atoms with van der Waals surface area (Å²) in [6, 6.07) is 3.62. The molecule has 0 aromatic heterocycles. The van der Waals surface area contributed by atoms with Crippen molar-refractivity contribution < 1.29 is 8.42 Å². The van der Waals surface area contributed by atoms with Gasteiger partial charge < -0.3 is 5.73 Å². The van der Waals surface area contributed by atoms with Crippen molar-refractivity contribution in [3.8, 4) is 0 Å². The highest BCUT2D eigenvalue weighted by atomic mass is 32.2. The zero-order valence-corrected chi connectivity index (χ0v) is 12.6. The number of hydrogen-bond acceptors (Lipinski definition) is 3. The van der Waals surface area contributed by atoms with Crippen LogP contribution < -0.4 is 5.73 Å². The Morgan fingerprint density at radius 3 is 2.58 bits per heavy atom. The minimum absolute atomic E-state index is 0.0685. The second-order valence-corrected chi connectivity index (χ2v) is 7.21. The third-order valence-electron chi connectivity index (χ3n) is 3.95. The fourth-order valence-electron chi connectivity index (χ4n) is 2.79. The lowest BCUT2D eigenvalue weighted by Crippen LogP contribution is -2.42. The van der Waals surface area contributed by atoms with Gasteiger partial charge in [0.15, 0.2) is 0 Å². The number of piperidine rings is 1. The quantitative estimate of drug-likeness (QED) is 0.847. The molecular weight excluding hydrogens is 260 g/mol. The molecule has 106 valence electrons. The second-order valence-electron chi connectivity index (χ2n) is 5.39. The number of hydrogen-bond donors (Lipinski definition) is 1. The fourth-order valence-corrected chi connectivity index (χ4v) is 4.95. The molecule has 1 aromatic carbocycles. The maximum atomic E-state index is 12.9. The zero-order valence-electron chi connectivity index (χ0n) is 11.8. The van der Waals surface area contributed by atoms with Crippen LogP contribution in [-0.2, 0) is 10.0 Å². The highest BCUT2D eigenvalue weighted by Crippen LogP contribution is 2.31. The van der Waals surface area contributed by atoms with E-state index in [0.717, 1.165) is 24.8 Å². The summed E-state index contributed by atoms with van der Waals surface area (Å²) in [5.74, 6) is 0. The van der Waals surface area contributed by atoms with Crippen molar-refractivity contribution in [2.75, 3.05) is 12.3 Å². The topological polar surface area (TPSA) is 63.4 Å². The van der Waals surface area contributed by atoms with Gasteiger partial charge in [0, 0.05) is 18.3 Å². The van der Waals surface area contributed by atoms with Crippen LogP contribution in [0.2, 0.25) is 0 Å². The Labute approximate surface area is 115 Å². The molecular formula is C14H22N2O2S. The van der Waals surface area contributed by atoms with Gasteiger partial charge in [-0.3, -0.25) is 0 Å². The van der Waals surface area contributed by atoms with Crippen LogP contribution in [-0.4, -0.2) is 25.3 Å². The van der Waals surface area contributed by atoms with Crippen LogP contribution in [0.1, 0.15) is 37.3 Å². The molecule has 1 saturated heterocycles. The van der Waals surface area contributed by atoms with E-state index in [1.54, 1.807) is 23.4 Å². The highest BCUT2D eigenvalue weighted by molar-refractivity contribution is 7.89. The summed E-state index contributed by atoms with van der Waals surface area (Å²) < 4.78 is 27.4. The van der Waals surface area contributed by atoms with Crippen molar-refractivity contribution in [3.63, 3.8) is 0 Å². The zero-order chi connectivity index (χ0) is 14.2. The number of aryl methyl sites for hydroxylation is 1. The molecule has 0 radical (unpaired) electrons. The molecule has 1 fully saturated rings. The summed E-state index contributed by atoms with van der Waals surface area (Å²) in [5, 5.41) is 0. The highest BCUT2D eigenvalue weighted by Gasteiger charge is 2.33. The van der Waals surface area contributed by atoms with E-state index in [2.05, 4.69) is 0 Å². The van der Waals surface area contributed by atoms with Gasteiger partial charge in [-0.05, 0) is 50.8 Å². The number of nitrogens with zero attached hydrogens (tertiary/aromatic N) is 1. The van der Waals surface area contributed by atoms with Crippen molar-refractivity contribution in [2.45, 2.75) is 51.0 Å². The van der Waals surface area contributed by atoms with Gasteiger partial charge in [0.05, 0.1) is 4.90 Å². The molecule has 0 bridgehead atoms. The third-order valence-corrected chi connectivity index (χ3v) is 6.26. The van der Waals surface area contributed by atoms with Crippen molar-refractivity contribution >= 4 is 15.7 Å². The fraction of sp³-hybridized carbons (Fsp3) is 0.571. The summed E-state index contributed by atoms with van der Waals surface area (Å²) >= 11 is 0. The molecule has 1 aliphatic rings. The molecule has 4 nitrogen and oxygen atoms in total. The molecule has 1 aromatic rings. The predicted molar refractivity (Wildman–Crippen MR) is 77.5 cm³/mol. The van der Waals surface area contributed by atoms with E-state index >= 15 is 0 Å². The van der Waals surface area contributed by atoms with Gasteiger partial charge in [0.1, 0.15) is 0 Å². The predicted octanol–water partition coefficient (Wildman–Crippen LogP) is 2.45. The average Bonchev–Trinajstić information content (AvgIpc) is 2.34. The number of sulfonamides is 1. The lowest BCUT2D eigenvalue weighted by Gasteiger charge is -2.33. The summed E-state index contributed by atoms with van der Waals surface area (Å²) in [6.07, 6.45) is 2.96. The summed E-state index contributed by atoms with van der Waals surface area (Å²) in [4.78, 5) is 0.390. The first-order chi connectivity index (χ1) is 8.85. The minimum atomic E-state index is -3.44. The number of nitrogen functional groups attached to an aromatic ring is 1. The molecule has 0 saturated carbocycles. The van der Waals surface area contributed by atoms with Crippen LogP contribution in [0.5, 0.6) is 0 Å². The van der Waals surface area contributed by atoms with Crippen LogP contribution in [0.4, 0.5) is 5.69 Å². The lowest BCUT2D eigenvalue weighted by atomic mass is 10.1. The lowest BCUT2D eigenvalue weighted by molar-refractivity contribution is 0.268. The maximum absolute atomic E-state index is 12.9. The Bertz CT molecular complexity index is 581. The van der Waals surface area contributed by atoms with Gasteiger partial charge in [-0.1, -0.05) is 12.5 Å². The molecule has 0 amide bonds. The first-order valence-electron chi connectivity index (χ1n) is 6.73. The minimum Gasteiger partial charge on any atom is -0.398 e. The Morgan fingerprint density at radius 2 is 1.95 bits per heavy atom. The SMILES string of the molecule is Cc1ccc(N)c(C)c1S(=O)(=O)N1CCCCC1C. The first-order valence-corrected chi connectivity index (χ1v) is 8.17. The first kappa shape index (κ1) is 14.3. The Kier molecular flexibility index (Phi) is 3.87. The van der Waals surface area contributed by atoms with Gasteiger partial charge in [0.2, 0.25) is 10.0 Å². The van der Waals surface area contributed by atoms with Crippen LogP contribution in [0.15, 0.2) is 17.0 Å². The van der Waals surface area contributed by atoms with E-state index < -0.39 is 10.0 Å². The summed E-state index contributed by atoms with van der Waals surface area (Å²) in [6.45, 7) is 6.20. The van der Waals surface area contributed by atoms with E-state index in [-0.39, 0.29) is 6.04 Å². The van der Waals surface area contributed by atoms with E-state index in [1.807, 2.05) is 13.8 Å². The van der Waals surface area contributed by atoms with Crippen LogP contribution in [0.3, 0.4) is 0 Å². The molecule has 1 aliphatic heterocycles. The van der Waals surface area contributed by atoms with Gasteiger partial charge in [-0.25, -0.2) is 8.42 Å². The van der Waals surface area contributed by atoms with Crippen LogP contribution >= 0.6 is 0 Å². The summed E-state index contributed by atoms with van der Waals surface area (Å²) in [7, 11) is -3.44. The summed E-state index contributed by atoms with van der Waals surface area (Å²) in [5.41, 5.74) is 7.84. The van der Waals surface area contributed by atoms with Crippen molar-refractivity contribution in [1.29, 1.82) is 0 Å². The molecule has 2 rings (SSSR count). The van der Waals surface area contributed by atoms with Crippen LogP contribution in [0, 0.1) is 13.8 Å². The van der Waals surface area contributed by atoms with E-state index in [0.29, 0.717) is 22.7 Å². The molecule has 1 atom stereocenters. The normalized spacial score (nSPS) is 21.5. The van der Waals surface area contributed by atoms with Crippen molar-refractivity contribution in [3.05, 3.63) is 23.3 Å². The molecule has 1 unspecified atom stereocenters. The largest absolute Gasteiger partial charge is 0.398 e. The van der Waals surface area contributed by atoms with E-state index in [1.165, 1.54) is 0 Å². The van der Waals surface area contributed by atoms with Gasteiger partial charge in [-0.2, -0.15) is 4.31 Å². The molecule has 19 heavy (non-hydrogen) atoms.